The minimum Gasteiger partial charge on any atom is -0.494 e. The highest BCUT2D eigenvalue weighted by atomic mass is 32.2. The van der Waals surface area contributed by atoms with Crippen LogP contribution in [0.5, 0.6) is 5.75 Å². The molecule has 1 aliphatic heterocycles. The predicted molar refractivity (Wildman–Crippen MR) is 86.7 cm³/mol. The largest absolute Gasteiger partial charge is 0.494 e. The standard InChI is InChI=1S/C15H20FN4O3S/c1-17-5-8-20(12-17)24(21,22)19-9-6-18(7-10-19)14-4-3-13(16)11-15(14)23-2/h3-5,8,11-12H,6-7,9-10H2,1-2H3/q+1. The predicted octanol–water partition coefficient (Wildman–Crippen LogP) is 0.375. The maximum atomic E-state index is 13.3. The van der Waals surface area contributed by atoms with Crippen LogP contribution in [-0.4, -0.2) is 50.0 Å². The Morgan fingerprint density at radius 1 is 1.21 bits per heavy atom. The first-order valence-corrected chi connectivity index (χ1v) is 8.94. The lowest BCUT2D eigenvalue weighted by Crippen LogP contribution is -2.50. The zero-order valence-corrected chi connectivity index (χ0v) is 14.4. The van der Waals surface area contributed by atoms with Gasteiger partial charge >= 0.3 is 10.2 Å². The van der Waals surface area contributed by atoms with Crippen LogP contribution in [0.15, 0.2) is 36.9 Å². The minimum absolute atomic E-state index is 0.352. The van der Waals surface area contributed by atoms with E-state index in [0.717, 1.165) is 5.69 Å². The van der Waals surface area contributed by atoms with Gasteiger partial charge < -0.3 is 9.64 Å². The molecule has 24 heavy (non-hydrogen) atoms. The van der Waals surface area contributed by atoms with Gasteiger partial charge in [0.2, 0.25) is 0 Å². The Labute approximate surface area is 140 Å². The Morgan fingerprint density at radius 2 is 1.92 bits per heavy atom. The summed E-state index contributed by atoms with van der Waals surface area (Å²) in [6.07, 6.45) is 4.71. The van der Waals surface area contributed by atoms with E-state index in [1.54, 1.807) is 23.9 Å². The van der Waals surface area contributed by atoms with Crippen molar-refractivity contribution in [2.24, 2.45) is 7.05 Å². The summed E-state index contributed by atoms with van der Waals surface area (Å²) in [5.41, 5.74) is 0.767. The normalized spacial score (nSPS) is 16.4. The van der Waals surface area contributed by atoms with Crippen LogP contribution in [0.25, 0.3) is 0 Å². The van der Waals surface area contributed by atoms with Crippen molar-refractivity contribution in [1.82, 2.24) is 8.28 Å². The van der Waals surface area contributed by atoms with E-state index in [9.17, 15) is 12.8 Å². The topological polar surface area (TPSA) is 58.7 Å². The van der Waals surface area contributed by atoms with E-state index in [-0.39, 0.29) is 5.82 Å². The first kappa shape index (κ1) is 16.7. The number of nitrogens with zero attached hydrogens (tertiary/aromatic N) is 4. The molecule has 1 aliphatic rings. The third-order valence-corrected chi connectivity index (χ3v) is 5.83. The number of imidazole rings is 1. The number of aromatic nitrogens is 2. The van der Waals surface area contributed by atoms with E-state index in [1.165, 1.54) is 40.0 Å². The lowest BCUT2D eigenvalue weighted by atomic mass is 10.2. The summed E-state index contributed by atoms with van der Waals surface area (Å²) in [5, 5.41) is 0. The minimum atomic E-state index is -3.56. The number of piperazine rings is 1. The summed E-state index contributed by atoms with van der Waals surface area (Å²) in [4.78, 5) is 2.00. The van der Waals surface area contributed by atoms with Crippen LogP contribution in [-0.2, 0) is 17.3 Å². The molecule has 1 aromatic heterocycles. The van der Waals surface area contributed by atoms with Crippen molar-refractivity contribution >= 4 is 15.9 Å². The number of rotatable bonds is 4. The van der Waals surface area contributed by atoms with Gasteiger partial charge in [0.25, 0.3) is 6.33 Å². The summed E-state index contributed by atoms with van der Waals surface area (Å²) < 4.78 is 48.1. The second-order valence-electron chi connectivity index (χ2n) is 5.62. The molecule has 1 fully saturated rings. The SMILES string of the molecule is COc1cc(F)ccc1N1CCN(S(=O)(=O)n2cc[n+](C)c2)CC1. The van der Waals surface area contributed by atoms with Crippen molar-refractivity contribution in [3.63, 3.8) is 0 Å². The van der Waals surface area contributed by atoms with Gasteiger partial charge in [-0.3, -0.25) is 0 Å². The monoisotopic (exact) mass is 355 g/mol. The fraction of sp³-hybridized carbons (Fsp3) is 0.400. The molecule has 0 N–H and O–H groups in total. The molecular formula is C15H20FN4O3S+. The van der Waals surface area contributed by atoms with Crippen LogP contribution >= 0.6 is 0 Å². The molecule has 7 nitrogen and oxygen atoms in total. The molecule has 0 aliphatic carbocycles. The van der Waals surface area contributed by atoms with E-state index >= 15 is 0 Å². The molecule has 0 unspecified atom stereocenters. The highest BCUT2D eigenvalue weighted by Gasteiger charge is 2.32. The highest BCUT2D eigenvalue weighted by molar-refractivity contribution is 7.87. The Hall–Kier alpha value is -2.13. The molecule has 130 valence electrons. The van der Waals surface area contributed by atoms with Crippen molar-refractivity contribution in [3.05, 3.63) is 42.7 Å². The van der Waals surface area contributed by atoms with Gasteiger partial charge in [0.05, 0.1) is 19.8 Å². The average Bonchev–Trinajstić information content (AvgIpc) is 3.02. The third kappa shape index (κ3) is 3.09. The maximum absolute atomic E-state index is 13.3. The molecule has 3 rings (SSSR count). The van der Waals surface area contributed by atoms with Crippen LogP contribution in [0, 0.1) is 5.82 Å². The second kappa shape index (κ2) is 6.40. The number of methoxy groups -OCH3 is 1. The molecule has 2 heterocycles. The quantitative estimate of drug-likeness (QED) is 0.744. The lowest BCUT2D eigenvalue weighted by Gasteiger charge is -2.34. The van der Waals surface area contributed by atoms with Gasteiger partial charge in [-0.25, -0.2) is 8.96 Å². The molecule has 0 spiro atoms. The smallest absolute Gasteiger partial charge is 0.379 e. The summed E-state index contributed by atoms with van der Waals surface area (Å²) in [7, 11) is -0.298. The molecule has 0 amide bonds. The summed E-state index contributed by atoms with van der Waals surface area (Å²) >= 11 is 0. The zero-order valence-electron chi connectivity index (χ0n) is 13.6. The molecule has 2 aromatic rings. The molecule has 1 saturated heterocycles. The van der Waals surface area contributed by atoms with Gasteiger partial charge in [-0.1, -0.05) is 0 Å². The molecule has 0 bridgehead atoms. The first-order valence-electron chi connectivity index (χ1n) is 7.54. The number of hydrogen-bond acceptors (Lipinski definition) is 4. The van der Waals surface area contributed by atoms with Gasteiger partial charge in [-0.15, -0.1) is 3.97 Å². The molecule has 0 radical (unpaired) electrons. The van der Waals surface area contributed by atoms with Crippen molar-refractivity contribution in [3.8, 4) is 5.75 Å². The fourth-order valence-electron chi connectivity index (χ4n) is 2.77. The number of benzene rings is 1. The second-order valence-corrected chi connectivity index (χ2v) is 7.45. The number of anilines is 1. The molecule has 9 heteroatoms. The number of halogens is 1. The average molecular weight is 355 g/mol. The molecule has 0 atom stereocenters. The van der Waals surface area contributed by atoms with Crippen LogP contribution < -0.4 is 14.2 Å². The van der Waals surface area contributed by atoms with Crippen molar-refractivity contribution in [2.45, 2.75) is 0 Å². The lowest BCUT2D eigenvalue weighted by molar-refractivity contribution is -0.670. The summed E-state index contributed by atoms with van der Waals surface area (Å²) in [5.74, 6) is 0.0843. The van der Waals surface area contributed by atoms with E-state index in [1.807, 2.05) is 4.90 Å². The van der Waals surface area contributed by atoms with Crippen molar-refractivity contribution in [2.75, 3.05) is 38.2 Å². The Kier molecular flexibility index (Phi) is 4.46. The van der Waals surface area contributed by atoms with E-state index in [4.69, 9.17) is 4.74 Å². The zero-order chi connectivity index (χ0) is 17.3. The van der Waals surface area contributed by atoms with Crippen molar-refractivity contribution < 1.29 is 22.1 Å². The molecule has 1 aromatic carbocycles. The van der Waals surface area contributed by atoms with Crippen LogP contribution in [0.4, 0.5) is 10.1 Å². The summed E-state index contributed by atoms with van der Waals surface area (Å²) in [6, 6.07) is 4.36. The Bertz CT molecular complexity index is 829. The van der Waals surface area contributed by atoms with Crippen molar-refractivity contribution in [1.29, 1.82) is 0 Å². The summed E-state index contributed by atoms with van der Waals surface area (Å²) in [6.45, 7) is 1.72. The van der Waals surface area contributed by atoms with Gasteiger partial charge in [-0.05, 0) is 12.1 Å². The number of aryl methyl sites for hydroxylation is 1. The van der Waals surface area contributed by atoms with Crippen LogP contribution in [0.1, 0.15) is 0 Å². The van der Waals surface area contributed by atoms with E-state index in [2.05, 4.69) is 0 Å². The Morgan fingerprint density at radius 3 is 2.50 bits per heavy atom. The van der Waals surface area contributed by atoms with Crippen LogP contribution in [0.3, 0.4) is 0 Å². The van der Waals surface area contributed by atoms with E-state index in [0.29, 0.717) is 31.9 Å². The first-order chi connectivity index (χ1) is 11.4. The van der Waals surface area contributed by atoms with Gasteiger partial charge in [0.15, 0.2) is 0 Å². The number of ether oxygens (including phenoxy) is 1. The molecule has 0 saturated carbocycles. The van der Waals surface area contributed by atoms with Gasteiger partial charge in [0.1, 0.15) is 24.0 Å². The number of hydrogen-bond donors (Lipinski definition) is 0. The van der Waals surface area contributed by atoms with E-state index < -0.39 is 10.2 Å². The van der Waals surface area contributed by atoms with Gasteiger partial charge in [0, 0.05) is 32.2 Å². The Balaban J connectivity index is 1.74. The van der Waals surface area contributed by atoms with Crippen LogP contribution in [0.2, 0.25) is 0 Å². The third-order valence-electron chi connectivity index (χ3n) is 4.06. The van der Waals surface area contributed by atoms with Gasteiger partial charge in [-0.2, -0.15) is 12.7 Å². The fourth-order valence-corrected chi connectivity index (χ4v) is 4.14. The highest BCUT2D eigenvalue weighted by Crippen LogP contribution is 2.30. The molecular weight excluding hydrogens is 335 g/mol. The maximum Gasteiger partial charge on any atom is 0.379 e.